The second-order valence-electron chi connectivity index (χ2n) is 4.48. The van der Waals surface area contributed by atoms with E-state index in [0.717, 1.165) is 37.8 Å². The third kappa shape index (κ3) is 2.46. The molecule has 1 fully saturated rings. The fourth-order valence-corrected chi connectivity index (χ4v) is 2.05. The average molecular weight is 205 g/mol. The van der Waals surface area contributed by atoms with E-state index in [-0.39, 0.29) is 0 Å². The minimum atomic E-state index is 0.781. The van der Waals surface area contributed by atoms with Gasteiger partial charge in [-0.2, -0.15) is 0 Å². The summed E-state index contributed by atoms with van der Waals surface area (Å²) in [5, 5.41) is 0. The first-order valence-electron chi connectivity index (χ1n) is 5.85. The molecule has 1 unspecified atom stereocenters. The van der Waals surface area contributed by atoms with Crippen molar-refractivity contribution < 1.29 is 0 Å². The molecule has 3 nitrogen and oxygen atoms in total. The van der Waals surface area contributed by atoms with Crippen molar-refractivity contribution >= 4 is 5.95 Å². The van der Waals surface area contributed by atoms with E-state index in [1.807, 2.05) is 12.4 Å². The van der Waals surface area contributed by atoms with Gasteiger partial charge >= 0.3 is 0 Å². The molecule has 0 aromatic carbocycles. The van der Waals surface area contributed by atoms with E-state index in [4.69, 9.17) is 0 Å². The van der Waals surface area contributed by atoms with Crippen LogP contribution in [0.15, 0.2) is 12.4 Å². The summed E-state index contributed by atoms with van der Waals surface area (Å²) >= 11 is 0. The first-order valence-corrected chi connectivity index (χ1v) is 5.85. The largest absolute Gasteiger partial charge is 0.341 e. The maximum absolute atomic E-state index is 4.43. The Bertz CT molecular complexity index is 307. The van der Waals surface area contributed by atoms with Gasteiger partial charge in [-0.3, -0.25) is 0 Å². The molecular formula is C12H19N3. The van der Waals surface area contributed by atoms with E-state index >= 15 is 0 Å². The maximum atomic E-state index is 4.43. The normalized spacial score (nSPS) is 20.9. The number of rotatable bonds is 3. The fraction of sp³-hybridized carbons (Fsp3) is 0.667. The molecule has 2 rings (SSSR count). The van der Waals surface area contributed by atoms with Gasteiger partial charge in [0.1, 0.15) is 0 Å². The molecule has 1 aliphatic heterocycles. The molecule has 1 aliphatic rings. The highest BCUT2D eigenvalue weighted by atomic mass is 15.3. The molecule has 0 spiro atoms. The topological polar surface area (TPSA) is 29.0 Å². The molecular weight excluding hydrogens is 186 g/mol. The van der Waals surface area contributed by atoms with Gasteiger partial charge in [0, 0.05) is 25.5 Å². The van der Waals surface area contributed by atoms with Crippen molar-refractivity contribution in [1.29, 1.82) is 0 Å². The summed E-state index contributed by atoms with van der Waals surface area (Å²) in [5.74, 6) is 1.68. The van der Waals surface area contributed by atoms with Crippen LogP contribution in [0, 0.1) is 5.92 Å². The summed E-state index contributed by atoms with van der Waals surface area (Å²) in [6.07, 6.45) is 7.43. The average Bonchev–Trinajstić information content (AvgIpc) is 2.67. The molecule has 1 saturated heterocycles. The summed E-state index contributed by atoms with van der Waals surface area (Å²) in [7, 11) is 0. The van der Waals surface area contributed by atoms with Crippen LogP contribution in [0.2, 0.25) is 0 Å². The Balaban J connectivity index is 2.03. The highest BCUT2D eigenvalue weighted by Gasteiger charge is 2.20. The standard InChI is InChI=1S/C12H19N3/c1-3-4-11-7-13-12(14-8-11)15-6-5-10(2)9-15/h7-8,10H,3-6,9H2,1-2H3. The van der Waals surface area contributed by atoms with E-state index in [1.165, 1.54) is 12.0 Å². The van der Waals surface area contributed by atoms with Gasteiger partial charge in [-0.05, 0) is 24.3 Å². The number of nitrogens with zero attached hydrogens (tertiary/aromatic N) is 3. The quantitative estimate of drug-likeness (QED) is 0.758. The molecule has 1 aromatic rings. The van der Waals surface area contributed by atoms with Crippen LogP contribution in [0.5, 0.6) is 0 Å². The SMILES string of the molecule is CCCc1cnc(N2CCC(C)C2)nc1. The number of hydrogen-bond donors (Lipinski definition) is 0. The van der Waals surface area contributed by atoms with Crippen LogP contribution in [0.1, 0.15) is 32.3 Å². The molecule has 0 radical (unpaired) electrons. The van der Waals surface area contributed by atoms with Crippen molar-refractivity contribution in [3.8, 4) is 0 Å². The first-order chi connectivity index (χ1) is 7.29. The van der Waals surface area contributed by atoms with Crippen molar-refractivity contribution in [3.05, 3.63) is 18.0 Å². The molecule has 0 bridgehead atoms. The summed E-state index contributed by atoms with van der Waals surface area (Å²) in [6, 6.07) is 0. The van der Waals surface area contributed by atoms with Crippen LogP contribution >= 0.6 is 0 Å². The van der Waals surface area contributed by atoms with E-state index in [0.29, 0.717) is 0 Å². The highest BCUT2D eigenvalue weighted by Crippen LogP contribution is 2.19. The van der Waals surface area contributed by atoms with Crippen molar-refractivity contribution in [2.45, 2.75) is 33.1 Å². The first kappa shape index (κ1) is 10.4. The Morgan fingerprint density at radius 1 is 1.40 bits per heavy atom. The number of anilines is 1. The zero-order valence-corrected chi connectivity index (χ0v) is 9.61. The third-order valence-corrected chi connectivity index (χ3v) is 2.94. The number of hydrogen-bond acceptors (Lipinski definition) is 3. The fourth-order valence-electron chi connectivity index (χ4n) is 2.05. The predicted molar refractivity (Wildman–Crippen MR) is 62.0 cm³/mol. The Labute approximate surface area is 91.5 Å². The predicted octanol–water partition coefficient (Wildman–Crippen LogP) is 2.28. The van der Waals surface area contributed by atoms with Gasteiger partial charge in [-0.25, -0.2) is 9.97 Å². The van der Waals surface area contributed by atoms with Gasteiger partial charge in [0.15, 0.2) is 0 Å². The van der Waals surface area contributed by atoms with E-state index in [2.05, 4.69) is 28.7 Å². The molecule has 2 heterocycles. The Morgan fingerprint density at radius 3 is 2.67 bits per heavy atom. The molecule has 0 amide bonds. The van der Waals surface area contributed by atoms with Crippen LogP contribution in [0.4, 0.5) is 5.95 Å². The van der Waals surface area contributed by atoms with Crippen molar-refractivity contribution in [3.63, 3.8) is 0 Å². The lowest BCUT2D eigenvalue weighted by atomic mass is 10.2. The molecule has 3 heteroatoms. The molecule has 1 atom stereocenters. The zero-order valence-electron chi connectivity index (χ0n) is 9.61. The smallest absolute Gasteiger partial charge is 0.225 e. The van der Waals surface area contributed by atoms with Gasteiger partial charge in [-0.1, -0.05) is 20.3 Å². The molecule has 0 N–H and O–H groups in total. The second-order valence-corrected chi connectivity index (χ2v) is 4.48. The van der Waals surface area contributed by atoms with E-state index in [1.54, 1.807) is 0 Å². The van der Waals surface area contributed by atoms with Gasteiger partial charge in [0.2, 0.25) is 5.95 Å². The monoisotopic (exact) mass is 205 g/mol. The van der Waals surface area contributed by atoms with Crippen LogP contribution in [0.3, 0.4) is 0 Å². The third-order valence-electron chi connectivity index (χ3n) is 2.94. The van der Waals surface area contributed by atoms with Crippen molar-refractivity contribution in [2.75, 3.05) is 18.0 Å². The van der Waals surface area contributed by atoms with Crippen molar-refractivity contribution in [1.82, 2.24) is 9.97 Å². The van der Waals surface area contributed by atoms with Crippen LogP contribution in [0.25, 0.3) is 0 Å². The molecule has 1 aromatic heterocycles. The maximum Gasteiger partial charge on any atom is 0.225 e. The zero-order chi connectivity index (χ0) is 10.7. The summed E-state index contributed by atoms with van der Waals surface area (Å²) < 4.78 is 0. The molecule has 82 valence electrons. The van der Waals surface area contributed by atoms with Gasteiger partial charge < -0.3 is 4.90 Å². The van der Waals surface area contributed by atoms with E-state index in [9.17, 15) is 0 Å². The van der Waals surface area contributed by atoms with Crippen LogP contribution < -0.4 is 4.90 Å². The lowest BCUT2D eigenvalue weighted by Crippen LogP contribution is -2.21. The summed E-state index contributed by atoms with van der Waals surface area (Å²) in [4.78, 5) is 11.1. The van der Waals surface area contributed by atoms with Crippen LogP contribution in [-0.2, 0) is 6.42 Å². The highest BCUT2D eigenvalue weighted by molar-refractivity contribution is 5.31. The lowest BCUT2D eigenvalue weighted by molar-refractivity contribution is 0.658. The summed E-state index contributed by atoms with van der Waals surface area (Å²) in [6.45, 7) is 6.67. The minimum Gasteiger partial charge on any atom is -0.341 e. The molecule has 15 heavy (non-hydrogen) atoms. The van der Waals surface area contributed by atoms with E-state index < -0.39 is 0 Å². The Hall–Kier alpha value is -1.12. The molecule has 0 saturated carbocycles. The van der Waals surface area contributed by atoms with Gasteiger partial charge in [0.05, 0.1) is 0 Å². The lowest BCUT2D eigenvalue weighted by Gasteiger charge is -2.15. The van der Waals surface area contributed by atoms with Crippen molar-refractivity contribution in [2.24, 2.45) is 5.92 Å². The second kappa shape index (κ2) is 4.60. The molecule has 0 aliphatic carbocycles. The van der Waals surface area contributed by atoms with Crippen LogP contribution in [-0.4, -0.2) is 23.1 Å². The summed E-state index contributed by atoms with van der Waals surface area (Å²) in [5.41, 5.74) is 1.24. The minimum absolute atomic E-state index is 0.781. The van der Waals surface area contributed by atoms with Gasteiger partial charge in [-0.15, -0.1) is 0 Å². The van der Waals surface area contributed by atoms with Gasteiger partial charge in [0.25, 0.3) is 0 Å². The Morgan fingerprint density at radius 2 is 2.13 bits per heavy atom. The number of aryl methyl sites for hydroxylation is 1. The number of aromatic nitrogens is 2. The Kier molecular flexibility index (Phi) is 3.19.